The van der Waals surface area contributed by atoms with Crippen LogP contribution in [0.3, 0.4) is 0 Å². The van der Waals surface area contributed by atoms with Crippen molar-refractivity contribution in [3.63, 3.8) is 0 Å². The summed E-state index contributed by atoms with van der Waals surface area (Å²) in [4.78, 5) is 0.280. The molecule has 116 valence electrons. The van der Waals surface area contributed by atoms with Crippen LogP contribution < -0.4 is 5.43 Å². The Labute approximate surface area is 133 Å². The average molecular weight is 326 g/mol. The summed E-state index contributed by atoms with van der Waals surface area (Å²) in [5.74, 6) is 0.562. The van der Waals surface area contributed by atoms with Crippen LogP contribution in [0.4, 0.5) is 5.82 Å². The fourth-order valence-electron chi connectivity index (χ4n) is 2.08. The summed E-state index contributed by atoms with van der Waals surface area (Å²) >= 11 is 0. The van der Waals surface area contributed by atoms with Gasteiger partial charge in [0.15, 0.2) is 15.7 Å². The van der Waals surface area contributed by atoms with E-state index in [2.05, 4.69) is 20.7 Å². The third-order valence-electron chi connectivity index (χ3n) is 3.26. The number of hydrogen-bond donors (Lipinski definition) is 1. The first-order valence-electron chi connectivity index (χ1n) is 6.84. The van der Waals surface area contributed by atoms with Crippen LogP contribution in [0.15, 0.2) is 64.7 Å². The van der Waals surface area contributed by atoms with Gasteiger partial charge in [-0.15, -0.1) is 5.10 Å². The molecular weight excluding hydrogens is 312 g/mol. The monoisotopic (exact) mass is 326 g/mol. The lowest BCUT2D eigenvalue weighted by molar-refractivity contribution is 0.602. The molecule has 0 aliphatic rings. The van der Waals surface area contributed by atoms with Gasteiger partial charge in [0, 0.05) is 17.0 Å². The van der Waals surface area contributed by atoms with Crippen molar-refractivity contribution in [3.8, 4) is 0 Å². The maximum absolute atomic E-state index is 11.4. The Hall–Kier alpha value is -2.80. The van der Waals surface area contributed by atoms with E-state index in [1.807, 2.05) is 24.3 Å². The Morgan fingerprint density at radius 3 is 2.57 bits per heavy atom. The maximum atomic E-state index is 11.4. The van der Waals surface area contributed by atoms with E-state index in [0.717, 1.165) is 16.3 Å². The minimum Gasteiger partial charge on any atom is -0.259 e. The SMILES string of the molecule is CS(=O)(=O)c1ccc(/C=N/Nc2nncc3ccccc23)cc1. The molecule has 0 atom stereocenters. The van der Waals surface area contributed by atoms with Crippen molar-refractivity contribution in [3.05, 3.63) is 60.3 Å². The summed E-state index contributed by atoms with van der Waals surface area (Å²) in [7, 11) is -3.19. The first kappa shape index (κ1) is 15.1. The molecular formula is C16H14N4O2S. The second-order valence-corrected chi connectivity index (χ2v) is 7.01. The molecule has 0 radical (unpaired) electrons. The van der Waals surface area contributed by atoms with Gasteiger partial charge < -0.3 is 0 Å². The number of sulfone groups is 1. The number of fused-ring (bicyclic) bond motifs is 1. The Balaban J connectivity index is 1.78. The quantitative estimate of drug-likeness (QED) is 0.588. The zero-order chi connectivity index (χ0) is 16.3. The van der Waals surface area contributed by atoms with Crippen LogP contribution in [0.5, 0.6) is 0 Å². The molecule has 1 N–H and O–H groups in total. The van der Waals surface area contributed by atoms with Crippen molar-refractivity contribution in [2.45, 2.75) is 4.90 Å². The van der Waals surface area contributed by atoms with Gasteiger partial charge in [-0.3, -0.25) is 5.43 Å². The molecule has 3 aromatic rings. The largest absolute Gasteiger partial charge is 0.259 e. The molecule has 0 amide bonds. The highest BCUT2D eigenvalue weighted by atomic mass is 32.2. The molecule has 23 heavy (non-hydrogen) atoms. The molecule has 0 bridgehead atoms. The number of rotatable bonds is 4. The fraction of sp³-hybridized carbons (Fsp3) is 0.0625. The smallest absolute Gasteiger partial charge is 0.176 e. The van der Waals surface area contributed by atoms with Crippen molar-refractivity contribution < 1.29 is 8.42 Å². The van der Waals surface area contributed by atoms with Gasteiger partial charge in [0.05, 0.1) is 17.3 Å². The van der Waals surface area contributed by atoms with Crippen molar-refractivity contribution in [2.24, 2.45) is 5.10 Å². The highest BCUT2D eigenvalue weighted by Crippen LogP contribution is 2.19. The topological polar surface area (TPSA) is 84.3 Å². The maximum Gasteiger partial charge on any atom is 0.176 e. The average Bonchev–Trinajstić information content (AvgIpc) is 2.55. The van der Waals surface area contributed by atoms with E-state index in [0.29, 0.717) is 5.82 Å². The molecule has 0 fully saturated rings. The first-order chi connectivity index (χ1) is 11.0. The van der Waals surface area contributed by atoms with E-state index in [9.17, 15) is 8.42 Å². The summed E-state index contributed by atoms with van der Waals surface area (Å²) in [6.07, 6.45) is 4.46. The first-order valence-corrected chi connectivity index (χ1v) is 8.73. The number of nitrogens with one attached hydrogen (secondary N) is 1. The predicted octanol–water partition coefficient (Wildman–Crippen LogP) is 2.48. The summed E-state index contributed by atoms with van der Waals surface area (Å²) in [5, 5.41) is 14.0. The molecule has 0 aliphatic carbocycles. The highest BCUT2D eigenvalue weighted by Gasteiger charge is 2.05. The number of anilines is 1. The van der Waals surface area contributed by atoms with Gasteiger partial charge in [0.1, 0.15) is 0 Å². The number of hydrogen-bond acceptors (Lipinski definition) is 6. The standard InChI is InChI=1S/C16H14N4O2S/c1-23(21,22)14-8-6-12(7-9-14)10-17-19-16-15-5-3-2-4-13(15)11-18-20-16/h2-11H,1H3,(H,19,20)/b17-10+. The van der Waals surface area contributed by atoms with Gasteiger partial charge >= 0.3 is 0 Å². The van der Waals surface area contributed by atoms with Crippen LogP contribution in [0.1, 0.15) is 5.56 Å². The Morgan fingerprint density at radius 2 is 1.83 bits per heavy atom. The van der Waals surface area contributed by atoms with E-state index in [-0.39, 0.29) is 4.90 Å². The van der Waals surface area contributed by atoms with Crippen molar-refractivity contribution in [2.75, 3.05) is 11.7 Å². The molecule has 7 heteroatoms. The van der Waals surface area contributed by atoms with Crippen molar-refractivity contribution in [1.29, 1.82) is 0 Å². The van der Waals surface area contributed by atoms with E-state index in [1.165, 1.54) is 6.26 Å². The van der Waals surface area contributed by atoms with Crippen molar-refractivity contribution in [1.82, 2.24) is 10.2 Å². The third kappa shape index (κ3) is 3.51. The molecule has 0 spiro atoms. The van der Waals surface area contributed by atoms with Gasteiger partial charge in [-0.25, -0.2) is 8.42 Å². The lowest BCUT2D eigenvalue weighted by atomic mass is 10.2. The predicted molar refractivity (Wildman–Crippen MR) is 90.3 cm³/mol. The molecule has 6 nitrogen and oxygen atoms in total. The van der Waals surface area contributed by atoms with Crippen LogP contribution in [0, 0.1) is 0 Å². The summed E-state index contributed by atoms with van der Waals surface area (Å²) in [6, 6.07) is 14.2. The molecule has 2 aromatic carbocycles. The Morgan fingerprint density at radius 1 is 1.09 bits per heavy atom. The van der Waals surface area contributed by atoms with Crippen molar-refractivity contribution >= 4 is 32.6 Å². The van der Waals surface area contributed by atoms with Gasteiger partial charge in [-0.05, 0) is 17.7 Å². The van der Waals surface area contributed by atoms with Crippen LogP contribution in [-0.2, 0) is 9.84 Å². The molecule has 0 saturated carbocycles. The second-order valence-electron chi connectivity index (χ2n) is 4.99. The van der Waals surface area contributed by atoms with Crippen LogP contribution in [0.2, 0.25) is 0 Å². The zero-order valence-electron chi connectivity index (χ0n) is 12.3. The Bertz CT molecular complexity index is 962. The number of nitrogens with zero attached hydrogens (tertiary/aromatic N) is 3. The Kier molecular flexibility index (Phi) is 4.03. The summed E-state index contributed by atoms with van der Waals surface area (Å²) < 4.78 is 22.8. The highest BCUT2D eigenvalue weighted by molar-refractivity contribution is 7.90. The van der Waals surface area contributed by atoms with Gasteiger partial charge in [-0.2, -0.15) is 10.2 Å². The fourth-order valence-corrected chi connectivity index (χ4v) is 2.71. The lowest BCUT2D eigenvalue weighted by Crippen LogP contribution is -1.98. The number of aromatic nitrogens is 2. The lowest BCUT2D eigenvalue weighted by Gasteiger charge is -2.03. The normalized spacial score (nSPS) is 11.9. The van der Waals surface area contributed by atoms with Gasteiger partial charge in [0.25, 0.3) is 0 Å². The van der Waals surface area contributed by atoms with Gasteiger partial charge in [-0.1, -0.05) is 36.4 Å². The molecule has 0 unspecified atom stereocenters. The van der Waals surface area contributed by atoms with Crippen LogP contribution in [0.25, 0.3) is 10.8 Å². The molecule has 1 heterocycles. The van der Waals surface area contributed by atoms with E-state index >= 15 is 0 Å². The molecule has 1 aromatic heterocycles. The number of hydrazone groups is 1. The van der Waals surface area contributed by atoms with E-state index in [1.54, 1.807) is 36.7 Å². The summed E-state index contributed by atoms with van der Waals surface area (Å²) in [6.45, 7) is 0. The molecule has 0 saturated heterocycles. The third-order valence-corrected chi connectivity index (χ3v) is 4.39. The number of benzene rings is 2. The second kappa shape index (κ2) is 6.13. The van der Waals surface area contributed by atoms with E-state index < -0.39 is 9.84 Å². The summed E-state index contributed by atoms with van der Waals surface area (Å²) in [5.41, 5.74) is 3.63. The zero-order valence-corrected chi connectivity index (χ0v) is 13.2. The minimum atomic E-state index is -3.19. The van der Waals surface area contributed by atoms with E-state index in [4.69, 9.17) is 0 Å². The molecule has 3 rings (SSSR count). The minimum absolute atomic E-state index is 0.280. The van der Waals surface area contributed by atoms with Crippen LogP contribution in [-0.4, -0.2) is 31.1 Å². The van der Waals surface area contributed by atoms with Crippen LogP contribution >= 0.6 is 0 Å². The molecule has 0 aliphatic heterocycles. The van der Waals surface area contributed by atoms with Gasteiger partial charge in [0.2, 0.25) is 0 Å².